The van der Waals surface area contributed by atoms with Gasteiger partial charge in [0.05, 0.1) is 0 Å². The quantitative estimate of drug-likeness (QED) is 0.574. The molecule has 0 spiro atoms. The van der Waals surface area contributed by atoms with Crippen LogP contribution in [-0.4, -0.2) is 5.25 Å². The van der Waals surface area contributed by atoms with E-state index >= 15 is 0 Å². The van der Waals surface area contributed by atoms with Crippen molar-refractivity contribution in [2.45, 2.75) is 87.2 Å². The van der Waals surface area contributed by atoms with Crippen LogP contribution in [0.5, 0.6) is 0 Å². The molecule has 0 aromatic heterocycles. The van der Waals surface area contributed by atoms with Gasteiger partial charge >= 0.3 is 0 Å². The van der Waals surface area contributed by atoms with E-state index in [9.17, 15) is 0 Å². The maximum atomic E-state index is 2.27. The van der Waals surface area contributed by atoms with Gasteiger partial charge in [-0.2, -0.15) is 0 Å². The summed E-state index contributed by atoms with van der Waals surface area (Å²) in [6.07, 6.45) is 17.4. The number of rotatable bonds is 2. The molecule has 1 saturated carbocycles. The second-order valence-corrected chi connectivity index (χ2v) is 7.54. The van der Waals surface area contributed by atoms with Crippen LogP contribution in [0.2, 0.25) is 0 Å². The van der Waals surface area contributed by atoms with Crippen molar-refractivity contribution in [3.05, 3.63) is 30.3 Å². The smallest absolute Gasteiger partial charge is 0.00944 e. The Kier molecular flexibility index (Phi) is 8.23. The van der Waals surface area contributed by atoms with E-state index in [2.05, 4.69) is 42.1 Å². The minimum atomic E-state index is 0.846. The summed E-state index contributed by atoms with van der Waals surface area (Å²) in [6.45, 7) is 0. The number of hydrogen-bond donors (Lipinski definition) is 0. The summed E-state index contributed by atoms with van der Waals surface area (Å²) >= 11 is 2.12. The maximum Gasteiger partial charge on any atom is 0.00944 e. The highest BCUT2D eigenvalue weighted by atomic mass is 32.2. The lowest BCUT2D eigenvalue weighted by Gasteiger charge is -2.16. The van der Waals surface area contributed by atoms with Crippen LogP contribution in [-0.2, 0) is 0 Å². The van der Waals surface area contributed by atoms with Crippen LogP contribution < -0.4 is 0 Å². The summed E-state index contributed by atoms with van der Waals surface area (Å²) < 4.78 is 0. The largest absolute Gasteiger partial charge is 0.123 e. The molecule has 1 aromatic rings. The monoisotopic (exact) mass is 290 g/mol. The van der Waals surface area contributed by atoms with Crippen LogP contribution in [0.15, 0.2) is 35.2 Å². The summed E-state index contributed by atoms with van der Waals surface area (Å²) in [6, 6.07) is 11.0. The van der Waals surface area contributed by atoms with Gasteiger partial charge in [0.2, 0.25) is 0 Å². The van der Waals surface area contributed by atoms with Crippen LogP contribution in [0, 0.1) is 0 Å². The molecule has 0 unspecified atom stereocenters. The van der Waals surface area contributed by atoms with Crippen molar-refractivity contribution in [2.24, 2.45) is 0 Å². The molecular weight excluding hydrogens is 260 g/mol. The summed E-state index contributed by atoms with van der Waals surface area (Å²) in [5, 5.41) is 0.846. The normalized spacial score (nSPS) is 20.6. The first-order valence-corrected chi connectivity index (χ1v) is 9.55. The van der Waals surface area contributed by atoms with Gasteiger partial charge in [-0.3, -0.25) is 0 Å². The number of benzene rings is 1. The zero-order valence-corrected chi connectivity index (χ0v) is 13.7. The molecular formula is C19H30S. The van der Waals surface area contributed by atoms with Crippen LogP contribution in [0.3, 0.4) is 0 Å². The first-order valence-electron chi connectivity index (χ1n) is 8.67. The highest BCUT2D eigenvalue weighted by molar-refractivity contribution is 8.00. The fourth-order valence-corrected chi connectivity index (χ4v) is 4.38. The molecule has 1 fully saturated rings. The van der Waals surface area contributed by atoms with E-state index in [0.29, 0.717) is 0 Å². The summed E-state index contributed by atoms with van der Waals surface area (Å²) in [7, 11) is 0. The first kappa shape index (κ1) is 15.9. The van der Waals surface area contributed by atoms with Crippen LogP contribution in [0.25, 0.3) is 0 Å². The molecule has 0 bridgehead atoms. The molecule has 0 atom stereocenters. The molecule has 112 valence electrons. The lowest BCUT2D eigenvalue weighted by molar-refractivity contribution is 0.562. The molecule has 0 nitrogen and oxygen atoms in total. The predicted molar refractivity (Wildman–Crippen MR) is 91.5 cm³/mol. The van der Waals surface area contributed by atoms with Gasteiger partial charge in [0.1, 0.15) is 0 Å². The average molecular weight is 291 g/mol. The molecule has 1 aromatic carbocycles. The SMILES string of the molecule is c1ccc(SC2CCCCCCCCCCCC2)cc1. The Morgan fingerprint density at radius 2 is 1.05 bits per heavy atom. The molecule has 20 heavy (non-hydrogen) atoms. The van der Waals surface area contributed by atoms with Crippen molar-refractivity contribution in [3.63, 3.8) is 0 Å². The molecule has 2 rings (SSSR count). The van der Waals surface area contributed by atoms with Crippen molar-refractivity contribution in [2.75, 3.05) is 0 Å². The molecule has 1 heteroatoms. The third-order valence-electron chi connectivity index (χ3n) is 4.35. The Morgan fingerprint density at radius 1 is 0.600 bits per heavy atom. The Hall–Kier alpha value is -0.430. The van der Waals surface area contributed by atoms with Gasteiger partial charge in [-0.1, -0.05) is 82.4 Å². The molecule has 0 heterocycles. The molecule has 1 aliphatic rings. The van der Waals surface area contributed by atoms with Crippen LogP contribution in [0.1, 0.15) is 77.0 Å². The lowest BCUT2D eigenvalue weighted by atomic mass is 10.1. The third-order valence-corrected chi connectivity index (χ3v) is 5.70. The minimum Gasteiger partial charge on any atom is -0.123 e. The molecule has 0 radical (unpaired) electrons. The van der Waals surface area contributed by atoms with Gasteiger partial charge in [0.25, 0.3) is 0 Å². The van der Waals surface area contributed by atoms with E-state index in [0.717, 1.165) is 5.25 Å². The fourth-order valence-electron chi connectivity index (χ4n) is 3.11. The van der Waals surface area contributed by atoms with E-state index in [-0.39, 0.29) is 0 Å². The average Bonchev–Trinajstić information content (AvgIpc) is 2.50. The summed E-state index contributed by atoms with van der Waals surface area (Å²) in [4.78, 5) is 1.46. The van der Waals surface area contributed by atoms with Crippen LogP contribution in [0.4, 0.5) is 0 Å². The minimum absolute atomic E-state index is 0.846. The van der Waals surface area contributed by atoms with Crippen LogP contribution >= 0.6 is 11.8 Å². The van der Waals surface area contributed by atoms with E-state index in [1.54, 1.807) is 0 Å². The van der Waals surface area contributed by atoms with Crippen molar-refractivity contribution < 1.29 is 0 Å². The summed E-state index contributed by atoms with van der Waals surface area (Å²) in [5.41, 5.74) is 0. The van der Waals surface area contributed by atoms with Crippen molar-refractivity contribution in [1.82, 2.24) is 0 Å². The number of thioether (sulfide) groups is 1. The lowest BCUT2D eigenvalue weighted by Crippen LogP contribution is -2.03. The Balaban J connectivity index is 1.80. The van der Waals surface area contributed by atoms with E-state index in [1.807, 2.05) is 0 Å². The molecule has 0 aliphatic heterocycles. The topological polar surface area (TPSA) is 0 Å². The molecule has 0 amide bonds. The van der Waals surface area contributed by atoms with E-state index in [4.69, 9.17) is 0 Å². The van der Waals surface area contributed by atoms with Gasteiger partial charge in [-0.05, 0) is 25.0 Å². The van der Waals surface area contributed by atoms with Gasteiger partial charge in [-0.25, -0.2) is 0 Å². The van der Waals surface area contributed by atoms with E-state index in [1.165, 1.54) is 81.9 Å². The number of hydrogen-bond acceptors (Lipinski definition) is 1. The second kappa shape index (κ2) is 10.3. The molecule has 1 aliphatic carbocycles. The standard InChI is InChI=1S/C19H30S/c1-2-4-6-8-11-15-18(14-10-7-5-3-1)20-19-16-12-9-13-17-19/h9,12-13,16-18H,1-8,10-11,14-15H2. The molecule has 0 saturated heterocycles. The highest BCUT2D eigenvalue weighted by Crippen LogP contribution is 2.30. The van der Waals surface area contributed by atoms with Gasteiger partial charge < -0.3 is 0 Å². The highest BCUT2D eigenvalue weighted by Gasteiger charge is 2.10. The predicted octanol–water partition coefficient (Wildman–Crippen LogP) is 6.84. The van der Waals surface area contributed by atoms with Crippen molar-refractivity contribution in [1.29, 1.82) is 0 Å². The zero-order valence-electron chi connectivity index (χ0n) is 12.9. The van der Waals surface area contributed by atoms with Crippen molar-refractivity contribution >= 4 is 11.8 Å². The van der Waals surface area contributed by atoms with Gasteiger partial charge in [0, 0.05) is 10.1 Å². The van der Waals surface area contributed by atoms with Gasteiger partial charge in [0.15, 0.2) is 0 Å². The summed E-state index contributed by atoms with van der Waals surface area (Å²) in [5.74, 6) is 0. The Bertz CT molecular complexity index is 319. The van der Waals surface area contributed by atoms with E-state index < -0.39 is 0 Å². The molecule has 0 N–H and O–H groups in total. The Morgan fingerprint density at radius 3 is 1.55 bits per heavy atom. The first-order chi connectivity index (χ1) is 9.95. The third kappa shape index (κ3) is 6.83. The van der Waals surface area contributed by atoms with Crippen molar-refractivity contribution in [3.8, 4) is 0 Å². The van der Waals surface area contributed by atoms with Gasteiger partial charge in [-0.15, -0.1) is 11.8 Å². The Labute approximate surface area is 129 Å². The fraction of sp³-hybridized carbons (Fsp3) is 0.684. The maximum absolute atomic E-state index is 2.27. The zero-order chi connectivity index (χ0) is 13.9. The second-order valence-electron chi connectivity index (χ2n) is 6.17.